The summed E-state index contributed by atoms with van der Waals surface area (Å²) in [4.78, 5) is 36.0. The van der Waals surface area contributed by atoms with Crippen molar-refractivity contribution in [1.82, 2.24) is 20.1 Å². The predicted octanol–water partition coefficient (Wildman–Crippen LogP) is 2.88. The van der Waals surface area contributed by atoms with E-state index >= 15 is 0 Å². The molecule has 33 heavy (non-hydrogen) atoms. The van der Waals surface area contributed by atoms with Crippen molar-refractivity contribution in [3.63, 3.8) is 0 Å². The van der Waals surface area contributed by atoms with Crippen LogP contribution in [0.3, 0.4) is 0 Å². The zero-order valence-electron chi connectivity index (χ0n) is 18.5. The second kappa shape index (κ2) is 9.82. The highest BCUT2D eigenvalue weighted by atomic mass is 32.1. The molecule has 0 radical (unpaired) electrons. The number of likely N-dealkylation sites (tertiary alicyclic amines) is 1. The largest absolute Gasteiger partial charge is 0.403 e. The molecule has 3 aromatic rings. The summed E-state index contributed by atoms with van der Waals surface area (Å²) in [5.74, 6) is -0.253. The van der Waals surface area contributed by atoms with E-state index in [1.165, 1.54) is 23.7 Å². The highest BCUT2D eigenvalue weighted by Gasteiger charge is 2.18. The molecule has 11 heteroatoms. The Bertz CT molecular complexity index is 1240. The lowest BCUT2D eigenvalue weighted by Gasteiger charge is -2.14. The summed E-state index contributed by atoms with van der Waals surface area (Å²) in [7, 11) is 0. The van der Waals surface area contributed by atoms with Gasteiger partial charge in [-0.25, -0.2) is 4.98 Å². The molecule has 0 unspecified atom stereocenters. The Labute approximate surface area is 195 Å². The molecule has 1 aromatic carbocycles. The molecule has 2 amide bonds. The molecule has 0 bridgehead atoms. The molecular formula is C22H26N8O2S. The second-order valence-electron chi connectivity index (χ2n) is 7.77. The van der Waals surface area contributed by atoms with Crippen LogP contribution in [0.4, 0.5) is 10.8 Å². The molecule has 1 saturated heterocycles. The Morgan fingerprint density at radius 2 is 2.06 bits per heavy atom. The molecule has 0 saturated carbocycles. The topological polar surface area (TPSA) is 141 Å². The number of aliphatic imine (C=N–C) groups is 1. The van der Waals surface area contributed by atoms with E-state index in [1.807, 2.05) is 24.0 Å². The number of aryl methyl sites for hydroxylation is 1. The van der Waals surface area contributed by atoms with Gasteiger partial charge in [-0.3, -0.25) is 19.7 Å². The summed E-state index contributed by atoms with van der Waals surface area (Å²) >= 11 is 1.20. The van der Waals surface area contributed by atoms with Gasteiger partial charge in [-0.2, -0.15) is 5.10 Å². The molecule has 1 fully saturated rings. The fourth-order valence-corrected chi connectivity index (χ4v) is 4.33. The number of fused-ring (bicyclic) bond motifs is 1. The van der Waals surface area contributed by atoms with Gasteiger partial charge in [0.2, 0.25) is 5.91 Å². The number of benzene rings is 1. The summed E-state index contributed by atoms with van der Waals surface area (Å²) in [5.41, 5.74) is 9.38. The minimum absolute atomic E-state index is 0.0133. The van der Waals surface area contributed by atoms with Crippen molar-refractivity contribution in [3.05, 3.63) is 46.9 Å². The third kappa shape index (κ3) is 5.03. The molecule has 4 rings (SSSR count). The molecule has 0 atom stereocenters. The van der Waals surface area contributed by atoms with E-state index in [2.05, 4.69) is 30.8 Å². The maximum atomic E-state index is 12.8. The van der Waals surface area contributed by atoms with Crippen molar-refractivity contribution in [2.24, 2.45) is 10.7 Å². The normalized spacial score (nSPS) is 14.7. The van der Waals surface area contributed by atoms with Crippen LogP contribution in [0.5, 0.6) is 0 Å². The first kappa shape index (κ1) is 22.5. The predicted molar refractivity (Wildman–Crippen MR) is 131 cm³/mol. The average molecular weight is 467 g/mol. The average Bonchev–Trinajstić information content (AvgIpc) is 3.59. The summed E-state index contributed by atoms with van der Waals surface area (Å²) in [6.45, 7) is 5.37. The zero-order chi connectivity index (χ0) is 23.4. The summed E-state index contributed by atoms with van der Waals surface area (Å²) in [6.07, 6.45) is 6.65. The van der Waals surface area contributed by atoms with Crippen LogP contribution in [0.1, 0.15) is 35.0 Å². The van der Waals surface area contributed by atoms with Crippen molar-refractivity contribution in [2.75, 3.05) is 30.3 Å². The van der Waals surface area contributed by atoms with Gasteiger partial charge in [0.1, 0.15) is 11.4 Å². The Morgan fingerprint density at radius 1 is 1.27 bits per heavy atom. The van der Waals surface area contributed by atoms with Crippen molar-refractivity contribution < 1.29 is 9.59 Å². The summed E-state index contributed by atoms with van der Waals surface area (Å²) in [5, 5.41) is 14.3. The Kier molecular flexibility index (Phi) is 6.68. The number of anilines is 2. The third-order valence-corrected chi connectivity index (χ3v) is 6.42. The number of nitrogens with one attached hydrogen (secondary N) is 3. The van der Waals surface area contributed by atoms with E-state index in [-0.39, 0.29) is 18.4 Å². The van der Waals surface area contributed by atoms with E-state index in [0.717, 1.165) is 42.4 Å². The third-order valence-electron chi connectivity index (χ3n) is 5.51. The zero-order valence-corrected chi connectivity index (χ0v) is 19.3. The van der Waals surface area contributed by atoms with Crippen LogP contribution < -0.4 is 16.4 Å². The van der Waals surface area contributed by atoms with Crippen LogP contribution >= 0.6 is 11.3 Å². The van der Waals surface area contributed by atoms with Gasteiger partial charge in [0.15, 0.2) is 5.13 Å². The molecular weight excluding hydrogens is 440 g/mol. The molecule has 0 aliphatic carbocycles. The van der Waals surface area contributed by atoms with Crippen molar-refractivity contribution in [2.45, 2.75) is 26.7 Å². The highest BCUT2D eigenvalue weighted by molar-refractivity contribution is 7.17. The number of H-pyrrole nitrogens is 1. The van der Waals surface area contributed by atoms with Crippen molar-refractivity contribution in [1.29, 1.82) is 0 Å². The van der Waals surface area contributed by atoms with Gasteiger partial charge in [0.05, 0.1) is 35.0 Å². The minimum atomic E-state index is -0.266. The monoisotopic (exact) mass is 466 g/mol. The lowest BCUT2D eigenvalue weighted by molar-refractivity contribution is -0.128. The van der Waals surface area contributed by atoms with Crippen LogP contribution in [0.25, 0.3) is 10.9 Å². The van der Waals surface area contributed by atoms with Crippen LogP contribution in [-0.2, 0) is 4.79 Å². The molecule has 1 aliphatic rings. The van der Waals surface area contributed by atoms with Crippen LogP contribution in [0, 0.1) is 6.92 Å². The Hall–Kier alpha value is -3.73. The fourth-order valence-electron chi connectivity index (χ4n) is 3.61. The first-order chi connectivity index (χ1) is 16.0. The number of aromatic amines is 1. The maximum absolute atomic E-state index is 12.8. The smallest absolute Gasteiger partial charge is 0.267 e. The van der Waals surface area contributed by atoms with Gasteiger partial charge in [0, 0.05) is 24.7 Å². The summed E-state index contributed by atoms with van der Waals surface area (Å²) < 4.78 is 0. The standard InChI is InChI=1S/C22H26N8O2S/c1-13-5-6-16-15(10-26-29-16)20(13)28-21(32)18-11-25-22(33-18)27-17(9-23)14(2)24-12-19(31)30-7-3-4-8-30/h5-6,9-11H,3-4,7-8,12,23H2,1-2H3,(H,25,27)(H,26,29)(H,28,32)/b17-9+,24-14?. The van der Waals surface area contributed by atoms with Crippen LogP contribution in [0.15, 0.2) is 41.4 Å². The van der Waals surface area contributed by atoms with Crippen LogP contribution in [-0.4, -0.2) is 57.2 Å². The first-order valence-electron chi connectivity index (χ1n) is 10.6. The number of carbonyl (C=O) groups is 2. The van der Waals surface area contributed by atoms with E-state index < -0.39 is 0 Å². The summed E-state index contributed by atoms with van der Waals surface area (Å²) in [6, 6.07) is 3.84. The van der Waals surface area contributed by atoms with Crippen molar-refractivity contribution in [3.8, 4) is 0 Å². The highest BCUT2D eigenvalue weighted by Crippen LogP contribution is 2.27. The lowest BCUT2D eigenvalue weighted by atomic mass is 10.1. The number of rotatable bonds is 7. The molecule has 10 nitrogen and oxygen atoms in total. The molecule has 5 N–H and O–H groups in total. The number of carbonyl (C=O) groups excluding carboxylic acids is 2. The fraction of sp³-hybridized carbons (Fsp3) is 0.318. The van der Waals surface area contributed by atoms with Gasteiger partial charge >= 0.3 is 0 Å². The van der Waals surface area contributed by atoms with E-state index in [9.17, 15) is 9.59 Å². The number of amides is 2. The van der Waals surface area contributed by atoms with Gasteiger partial charge in [-0.05, 0) is 38.3 Å². The van der Waals surface area contributed by atoms with E-state index in [1.54, 1.807) is 13.1 Å². The van der Waals surface area contributed by atoms with Gasteiger partial charge < -0.3 is 21.3 Å². The SMILES string of the molecule is CC(=NCC(=O)N1CCCC1)/C(=C\N)Nc1ncc(C(=O)Nc2c(C)ccc3[nH]ncc23)s1. The minimum Gasteiger partial charge on any atom is -0.403 e. The number of allylic oxidation sites excluding steroid dienone is 1. The van der Waals surface area contributed by atoms with Gasteiger partial charge in [-0.15, -0.1) is 0 Å². The first-order valence-corrected chi connectivity index (χ1v) is 11.5. The van der Waals surface area contributed by atoms with Crippen molar-refractivity contribution >= 4 is 50.6 Å². The maximum Gasteiger partial charge on any atom is 0.267 e. The van der Waals surface area contributed by atoms with Crippen LogP contribution in [0.2, 0.25) is 0 Å². The Morgan fingerprint density at radius 3 is 2.82 bits per heavy atom. The van der Waals surface area contributed by atoms with Gasteiger partial charge in [-0.1, -0.05) is 17.4 Å². The number of nitrogens with zero attached hydrogens (tertiary/aromatic N) is 4. The number of thiazole rings is 1. The molecule has 3 heterocycles. The number of hydrogen-bond donors (Lipinski definition) is 4. The van der Waals surface area contributed by atoms with Gasteiger partial charge in [0.25, 0.3) is 5.91 Å². The molecule has 1 aliphatic heterocycles. The molecule has 172 valence electrons. The number of hydrogen-bond acceptors (Lipinski definition) is 8. The lowest BCUT2D eigenvalue weighted by Crippen LogP contribution is -2.30. The number of nitrogens with two attached hydrogens (primary N) is 1. The van der Waals surface area contributed by atoms with E-state index in [4.69, 9.17) is 5.73 Å². The molecule has 0 spiro atoms. The second-order valence-corrected chi connectivity index (χ2v) is 8.80. The van der Waals surface area contributed by atoms with E-state index in [0.29, 0.717) is 27.1 Å². The molecule has 2 aromatic heterocycles. The Balaban J connectivity index is 1.41. The quantitative estimate of drug-likeness (QED) is 0.395. The number of aromatic nitrogens is 3.